The molecule has 146 valence electrons. The first kappa shape index (κ1) is 19.4. The number of carbonyl (C=O) groups is 1. The van der Waals surface area contributed by atoms with Crippen molar-refractivity contribution < 1.29 is 23.2 Å². The lowest BCUT2D eigenvalue weighted by Gasteiger charge is -2.13. The van der Waals surface area contributed by atoms with E-state index in [1.54, 1.807) is 31.2 Å². The molecule has 1 amide bonds. The van der Waals surface area contributed by atoms with Crippen molar-refractivity contribution in [2.45, 2.75) is 27.4 Å². The number of aryl methyl sites for hydroxylation is 3. The zero-order chi connectivity index (χ0) is 20.3. The Bertz CT molecular complexity index is 994. The Morgan fingerprint density at radius 1 is 1.14 bits per heavy atom. The number of rotatable bonds is 6. The van der Waals surface area contributed by atoms with E-state index in [1.165, 1.54) is 19.2 Å². The maximum absolute atomic E-state index is 13.4. The molecule has 0 aliphatic carbocycles. The number of methoxy groups -OCH3 is 1. The molecule has 0 aliphatic rings. The number of anilines is 1. The molecule has 7 heteroatoms. The predicted octanol–water partition coefficient (Wildman–Crippen LogP) is 4.58. The third-order valence-electron chi connectivity index (χ3n) is 4.43. The average Bonchev–Trinajstić information content (AvgIpc) is 3.00. The quantitative estimate of drug-likeness (QED) is 0.673. The van der Waals surface area contributed by atoms with Crippen LogP contribution in [0.25, 0.3) is 0 Å². The predicted molar refractivity (Wildman–Crippen MR) is 102 cm³/mol. The lowest BCUT2D eigenvalue weighted by atomic mass is 10.1. The van der Waals surface area contributed by atoms with E-state index in [9.17, 15) is 9.18 Å². The van der Waals surface area contributed by atoms with Gasteiger partial charge in [-0.2, -0.15) is 0 Å². The van der Waals surface area contributed by atoms with Gasteiger partial charge in [0, 0.05) is 11.3 Å². The monoisotopic (exact) mass is 384 g/mol. The SMILES string of the molecule is COc1cc(C(=O)Nc2cc(F)ccc2C)ccc1OCc1c(C)noc1C. The number of benzene rings is 2. The van der Waals surface area contributed by atoms with E-state index >= 15 is 0 Å². The summed E-state index contributed by atoms with van der Waals surface area (Å²) in [6.45, 7) is 5.72. The third kappa shape index (κ3) is 4.14. The molecule has 0 atom stereocenters. The summed E-state index contributed by atoms with van der Waals surface area (Å²) < 4.78 is 29.7. The van der Waals surface area contributed by atoms with Crippen molar-refractivity contribution in [3.05, 3.63) is 70.4 Å². The molecule has 3 aromatic rings. The molecule has 0 saturated heterocycles. The maximum Gasteiger partial charge on any atom is 0.255 e. The first-order valence-electron chi connectivity index (χ1n) is 8.69. The fraction of sp³-hybridized carbons (Fsp3) is 0.238. The fourth-order valence-electron chi connectivity index (χ4n) is 2.71. The molecule has 0 fully saturated rings. The van der Waals surface area contributed by atoms with Gasteiger partial charge in [0.1, 0.15) is 18.2 Å². The standard InChI is InChI=1S/C21H21FN2O4/c1-12-5-7-16(22)10-18(12)23-21(25)15-6-8-19(20(9-15)26-4)27-11-17-13(2)24-28-14(17)3/h5-10H,11H2,1-4H3,(H,23,25). The number of hydrogen-bond donors (Lipinski definition) is 1. The first-order valence-corrected chi connectivity index (χ1v) is 8.69. The van der Waals surface area contributed by atoms with Crippen molar-refractivity contribution in [1.82, 2.24) is 5.16 Å². The minimum Gasteiger partial charge on any atom is -0.493 e. The first-order chi connectivity index (χ1) is 13.4. The highest BCUT2D eigenvalue weighted by Gasteiger charge is 2.15. The van der Waals surface area contributed by atoms with E-state index in [1.807, 2.05) is 13.8 Å². The van der Waals surface area contributed by atoms with E-state index in [2.05, 4.69) is 10.5 Å². The van der Waals surface area contributed by atoms with E-state index in [-0.39, 0.29) is 12.5 Å². The Kier molecular flexibility index (Phi) is 5.63. The summed E-state index contributed by atoms with van der Waals surface area (Å²) in [5.41, 5.74) is 3.18. The number of nitrogens with one attached hydrogen (secondary N) is 1. The van der Waals surface area contributed by atoms with Crippen LogP contribution in [0.3, 0.4) is 0 Å². The largest absolute Gasteiger partial charge is 0.493 e. The van der Waals surface area contributed by atoms with Crippen molar-refractivity contribution >= 4 is 11.6 Å². The molecule has 6 nitrogen and oxygen atoms in total. The van der Waals surface area contributed by atoms with Crippen LogP contribution in [0.4, 0.5) is 10.1 Å². The number of halogens is 1. The number of carbonyl (C=O) groups excluding carboxylic acids is 1. The van der Waals surface area contributed by atoms with Crippen LogP contribution in [0.1, 0.15) is 32.9 Å². The van der Waals surface area contributed by atoms with Gasteiger partial charge >= 0.3 is 0 Å². The van der Waals surface area contributed by atoms with Crippen molar-refractivity contribution in [2.75, 3.05) is 12.4 Å². The van der Waals surface area contributed by atoms with Gasteiger partial charge in [-0.25, -0.2) is 4.39 Å². The lowest BCUT2D eigenvalue weighted by molar-refractivity contribution is 0.102. The second kappa shape index (κ2) is 8.12. The van der Waals surface area contributed by atoms with Gasteiger partial charge in [0.15, 0.2) is 11.5 Å². The number of ether oxygens (including phenoxy) is 2. The maximum atomic E-state index is 13.4. The molecule has 0 aliphatic heterocycles. The van der Waals surface area contributed by atoms with Crippen LogP contribution in [-0.4, -0.2) is 18.2 Å². The number of aromatic nitrogens is 1. The van der Waals surface area contributed by atoms with E-state index in [4.69, 9.17) is 14.0 Å². The molecule has 2 aromatic carbocycles. The molecule has 0 unspecified atom stereocenters. The Labute approximate surface area is 162 Å². The molecule has 1 aromatic heterocycles. The molecular weight excluding hydrogens is 363 g/mol. The van der Waals surface area contributed by atoms with Gasteiger partial charge in [0.25, 0.3) is 5.91 Å². The van der Waals surface area contributed by atoms with Crippen LogP contribution in [0.5, 0.6) is 11.5 Å². The summed E-state index contributed by atoms with van der Waals surface area (Å²) in [6, 6.07) is 9.09. The smallest absolute Gasteiger partial charge is 0.255 e. The molecule has 0 radical (unpaired) electrons. The number of amides is 1. The van der Waals surface area contributed by atoms with Crippen LogP contribution in [-0.2, 0) is 6.61 Å². The summed E-state index contributed by atoms with van der Waals surface area (Å²) in [5.74, 6) is 0.806. The molecule has 0 bridgehead atoms. The highest BCUT2D eigenvalue weighted by atomic mass is 19.1. The van der Waals surface area contributed by atoms with Gasteiger partial charge in [-0.3, -0.25) is 4.79 Å². The van der Waals surface area contributed by atoms with Crippen LogP contribution in [0.15, 0.2) is 40.9 Å². The minimum absolute atomic E-state index is 0.269. The summed E-state index contributed by atoms with van der Waals surface area (Å²) in [4.78, 5) is 12.5. The molecular formula is C21H21FN2O4. The van der Waals surface area contributed by atoms with Gasteiger partial charge in [0.05, 0.1) is 18.4 Å². The highest BCUT2D eigenvalue weighted by molar-refractivity contribution is 6.05. The Hall–Kier alpha value is -3.35. The number of hydrogen-bond acceptors (Lipinski definition) is 5. The second-order valence-electron chi connectivity index (χ2n) is 6.37. The molecule has 28 heavy (non-hydrogen) atoms. The number of nitrogens with zero attached hydrogens (tertiary/aromatic N) is 1. The summed E-state index contributed by atoms with van der Waals surface area (Å²) in [5, 5.41) is 6.61. The van der Waals surface area contributed by atoms with Crippen molar-refractivity contribution in [2.24, 2.45) is 0 Å². The topological polar surface area (TPSA) is 73.6 Å². The van der Waals surface area contributed by atoms with E-state index in [0.717, 1.165) is 16.8 Å². The third-order valence-corrected chi connectivity index (χ3v) is 4.43. The van der Waals surface area contributed by atoms with E-state index in [0.29, 0.717) is 28.5 Å². The average molecular weight is 384 g/mol. The summed E-state index contributed by atoms with van der Waals surface area (Å²) in [6.07, 6.45) is 0. The van der Waals surface area contributed by atoms with Gasteiger partial charge in [-0.05, 0) is 56.7 Å². The zero-order valence-corrected chi connectivity index (χ0v) is 16.1. The Balaban J connectivity index is 1.76. The fourth-order valence-corrected chi connectivity index (χ4v) is 2.71. The summed E-state index contributed by atoms with van der Waals surface area (Å²) >= 11 is 0. The van der Waals surface area contributed by atoms with Crippen LogP contribution < -0.4 is 14.8 Å². The van der Waals surface area contributed by atoms with Crippen molar-refractivity contribution in [1.29, 1.82) is 0 Å². The molecule has 3 rings (SSSR count). The minimum atomic E-state index is -0.415. The van der Waals surface area contributed by atoms with Gasteiger partial charge in [-0.15, -0.1) is 0 Å². The van der Waals surface area contributed by atoms with Crippen LogP contribution in [0.2, 0.25) is 0 Å². The van der Waals surface area contributed by atoms with Gasteiger partial charge < -0.3 is 19.3 Å². The van der Waals surface area contributed by atoms with Crippen LogP contribution in [0, 0.1) is 26.6 Å². The Morgan fingerprint density at radius 2 is 1.93 bits per heavy atom. The molecule has 1 heterocycles. The molecule has 1 N–H and O–H groups in total. The van der Waals surface area contributed by atoms with Crippen LogP contribution >= 0.6 is 0 Å². The summed E-state index contributed by atoms with van der Waals surface area (Å²) in [7, 11) is 1.50. The lowest BCUT2D eigenvalue weighted by Crippen LogP contribution is -2.13. The van der Waals surface area contributed by atoms with Gasteiger partial charge in [-0.1, -0.05) is 11.2 Å². The second-order valence-corrected chi connectivity index (χ2v) is 6.37. The van der Waals surface area contributed by atoms with Gasteiger partial charge in [0.2, 0.25) is 0 Å². The zero-order valence-electron chi connectivity index (χ0n) is 16.1. The molecule has 0 saturated carbocycles. The van der Waals surface area contributed by atoms with Crippen molar-refractivity contribution in [3.63, 3.8) is 0 Å². The molecule has 0 spiro atoms. The Morgan fingerprint density at radius 3 is 2.61 bits per heavy atom. The van der Waals surface area contributed by atoms with E-state index < -0.39 is 5.82 Å². The normalized spacial score (nSPS) is 10.6. The highest BCUT2D eigenvalue weighted by Crippen LogP contribution is 2.30. The van der Waals surface area contributed by atoms with Crippen molar-refractivity contribution in [3.8, 4) is 11.5 Å².